The van der Waals surface area contributed by atoms with Crippen LogP contribution < -0.4 is 14.7 Å². The van der Waals surface area contributed by atoms with Gasteiger partial charge in [0.1, 0.15) is 19.8 Å². The fraction of sp³-hybridized carbons (Fsp3) is 0.446. The molecule has 0 atom stereocenters. The zero-order valence-electron chi connectivity index (χ0n) is 66.4. The number of carbonyl (C=O) groups is 9. The lowest BCUT2D eigenvalue weighted by Crippen LogP contribution is -2.49. The van der Waals surface area contributed by atoms with Crippen LogP contribution in [0.2, 0.25) is 0 Å². The second-order valence-corrected chi connectivity index (χ2v) is 31.5. The molecule has 18 heteroatoms. The molecule has 0 radical (unpaired) electrons. The Bertz CT molecular complexity index is 4550. The van der Waals surface area contributed by atoms with Crippen molar-refractivity contribution in [2.75, 3.05) is 67.2 Å². The van der Waals surface area contributed by atoms with Crippen molar-refractivity contribution >= 4 is 103 Å². The first kappa shape index (κ1) is 82.3. The van der Waals surface area contributed by atoms with Crippen molar-refractivity contribution in [3.05, 3.63) is 197 Å². The third-order valence-electron chi connectivity index (χ3n) is 22.2. The van der Waals surface area contributed by atoms with E-state index >= 15 is 0 Å². The minimum atomic E-state index is -0.424. The van der Waals surface area contributed by atoms with Crippen LogP contribution in [0.15, 0.2) is 158 Å². The molecule has 2 fully saturated rings. The summed E-state index contributed by atoms with van der Waals surface area (Å²) in [6.45, 7) is 34.7. The summed E-state index contributed by atoms with van der Waals surface area (Å²) in [4.78, 5) is 128. The predicted octanol–water partition coefficient (Wildman–Crippen LogP) is 18.8. The van der Waals surface area contributed by atoms with Gasteiger partial charge in [-0.15, -0.1) is 0 Å². The average molecular weight is 1490 g/mol. The van der Waals surface area contributed by atoms with Gasteiger partial charge < -0.3 is 28.9 Å². The maximum Gasteiger partial charge on any atom is 0.333 e. The van der Waals surface area contributed by atoms with E-state index in [2.05, 4.69) is 82.9 Å². The molecule has 3 aliphatic heterocycles. The Kier molecular flexibility index (Phi) is 28.0. The highest BCUT2D eigenvalue weighted by Gasteiger charge is 2.42. The SMILES string of the molecule is C=C(C)C(=O)OCCN(Cc1ccccc1)c1ccc2c3c(cccc13)C(=O)N(CCCCCC)C2=O.C=C(C)C(=O)OCCN(c1ccc2c3c(cccc13)C(=O)N(C1CCC(C(C)(C)C)CC1)C2=O)C1CCCCC1.C=C(C)C(=O)OCCN(c1ccc2c3c(cccc13)C(=O)N(CCCCCC)C2=O)C(C)C. The highest BCUT2D eigenvalue weighted by atomic mass is 16.5. The molecule has 582 valence electrons. The summed E-state index contributed by atoms with van der Waals surface area (Å²) in [5.74, 6) is -1.86. The van der Waals surface area contributed by atoms with Gasteiger partial charge in [-0.1, -0.05) is 179 Å². The summed E-state index contributed by atoms with van der Waals surface area (Å²) < 4.78 is 16.2. The van der Waals surface area contributed by atoms with Crippen LogP contribution in [0, 0.1) is 11.3 Å². The number of benzene rings is 7. The topological polar surface area (TPSA) is 201 Å². The second-order valence-electron chi connectivity index (χ2n) is 31.5. The van der Waals surface area contributed by atoms with Gasteiger partial charge in [-0.25, -0.2) is 14.4 Å². The van der Waals surface area contributed by atoms with E-state index in [1.165, 1.54) is 16.2 Å². The summed E-state index contributed by atoms with van der Waals surface area (Å²) in [5.41, 5.74) is 8.70. The molecule has 0 saturated heterocycles. The number of unbranched alkanes of at least 4 members (excludes halogenated alkanes) is 6. The molecule has 0 aromatic heterocycles. The predicted molar refractivity (Wildman–Crippen MR) is 438 cm³/mol. The molecule has 3 heterocycles. The summed E-state index contributed by atoms with van der Waals surface area (Å²) >= 11 is 0. The molecule has 0 bridgehead atoms. The van der Waals surface area contributed by atoms with Crippen LogP contribution in [-0.2, 0) is 35.1 Å². The van der Waals surface area contributed by atoms with Crippen molar-refractivity contribution in [3.63, 3.8) is 0 Å². The summed E-state index contributed by atoms with van der Waals surface area (Å²) in [6, 6.07) is 39.0. The third-order valence-corrected chi connectivity index (χ3v) is 22.2. The molecular weight excluding hydrogens is 1380 g/mol. The Labute approximate surface area is 649 Å². The largest absolute Gasteiger partial charge is 0.460 e. The number of anilines is 3. The molecular formula is C92H112N6O12. The van der Waals surface area contributed by atoms with E-state index in [-0.39, 0.29) is 78.7 Å². The van der Waals surface area contributed by atoms with Crippen LogP contribution >= 0.6 is 0 Å². The number of rotatable bonds is 30. The fourth-order valence-electron chi connectivity index (χ4n) is 16.2. The number of esters is 3. The van der Waals surface area contributed by atoms with Gasteiger partial charge in [-0.3, -0.25) is 43.5 Å². The first-order chi connectivity index (χ1) is 52.8. The van der Waals surface area contributed by atoms with Gasteiger partial charge in [-0.05, 0) is 157 Å². The molecule has 2 saturated carbocycles. The van der Waals surface area contributed by atoms with Crippen molar-refractivity contribution in [1.29, 1.82) is 0 Å². The number of hydrogen-bond acceptors (Lipinski definition) is 15. The first-order valence-corrected chi connectivity index (χ1v) is 39.8. The van der Waals surface area contributed by atoms with Crippen LogP contribution in [-0.4, -0.2) is 139 Å². The minimum Gasteiger partial charge on any atom is -0.460 e. The lowest BCUT2D eigenvalue weighted by Gasteiger charge is -2.42. The van der Waals surface area contributed by atoms with Gasteiger partial charge in [0.2, 0.25) is 0 Å². The Balaban J connectivity index is 0.000000176. The molecule has 0 unspecified atom stereocenters. The summed E-state index contributed by atoms with van der Waals surface area (Å²) in [7, 11) is 0. The lowest BCUT2D eigenvalue weighted by molar-refractivity contribution is -0.139. The molecule has 0 spiro atoms. The van der Waals surface area contributed by atoms with Crippen LogP contribution in [0.5, 0.6) is 0 Å². The van der Waals surface area contributed by atoms with Gasteiger partial charge >= 0.3 is 17.9 Å². The smallest absolute Gasteiger partial charge is 0.333 e. The zero-order valence-corrected chi connectivity index (χ0v) is 66.4. The molecule has 2 aliphatic carbocycles. The lowest BCUT2D eigenvalue weighted by atomic mass is 9.71. The van der Waals surface area contributed by atoms with Gasteiger partial charge in [-0.2, -0.15) is 0 Å². The molecule has 0 N–H and O–H groups in total. The molecule has 6 amide bonds. The van der Waals surface area contributed by atoms with Crippen molar-refractivity contribution in [3.8, 4) is 0 Å². The molecule has 12 rings (SSSR count). The number of ether oxygens (including phenoxy) is 3. The van der Waals surface area contributed by atoms with E-state index < -0.39 is 11.9 Å². The van der Waals surface area contributed by atoms with E-state index in [1.807, 2.05) is 109 Å². The van der Waals surface area contributed by atoms with Crippen LogP contribution in [0.3, 0.4) is 0 Å². The second kappa shape index (κ2) is 37.5. The number of carbonyl (C=O) groups excluding carboxylic acids is 9. The van der Waals surface area contributed by atoms with E-state index in [1.54, 1.807) is 37.8 Å². The van der Waals surface area contributed by atoms with Crippen LogP contribution in [0.4, 0.5) is 17.1 Å². The van der Waals surface area contributed by atoms with Crippen molar-refractivity contribution in [2.45, 2.75) is 203 Å². The van der Waals surface area contributed by atoms with Crippen LogP contribution in [0.1, 0.15) is 246 Å². The van der Waals surface area contributed by atoms with Crippen molar-refractivity contribution < 1.29 is 57.4 Å². The average Bonchev–Trinajstić information content (AvgIpc) is 0.742. The highest BCUT2D eigenvalue weighted by molar-refractivity contribution is 6.29. The van der Waals surface area contributed by atoms with Gasteiger partial charge in [0.15, 0.2) is 0 Å². The molecule has 7 aromatic rings. The third kappa shape index (κ3) is 18.8. The van der Waals surface area contributed by atoms with E-state index in [0.717, 1.165) is 147 Å². The highest BCUT2D eigenvalue weighted by Crippen LogP contribution is 2.45. The van der Waals surface area contributed by atoms with Crippen LogP contribution in [0.25, 0.3) is 32.3 Å². The molecule has 110 heavy (non-hydrogen) atoms. The number of imide groups is 3. The monoisotopic (exact) mass is 1490 g/mol. The minimum absolute atomic E-state index is 0.0524. The maximum atomic E-state index is 13.9. The Morgan fingerprint density at radius 3 is 1.32 bits per heavy atom. The van der Waals surface area contributed by atoms with E-state index in [0.29, 0.717) is 112 Å². The first-order valence-electron chi connectivity index (χ1n) is 39.8. The number of amides is 6. The summed E-state index contributed by atoms with van der Waals surface area (Å²) in [5, 5.41) is 4.77. The quantitative estimate of drug-likeness (QED) is 0.0135. The Morgan fingerprint density at radius 2 is 0.864 bits per heavy atom. The maximum absolute atomic E-state index is 13.9. The van der Waals surface area contributed by atoms with Gasteiger partial charge in [0.25, 0.3) is 35.4 Å². The molecule has 18 nitrogen and oxygen atoms in total. The van der Waals surface area contributed by atoms with Crippen molar-refractivity contribution in [2.24, 2.45) is 11.3 Å². The van der Waals surface area contributed by atoms with Crippen molar-refractivity contribution in [1.82, 2.24) is 14.7 Å². The number of hydrogen-bond donors (Lipinski definition) is 0. The normalized spacial score (nSPS) is 16.2. The number of nitrogens with zero attached hydrogens (tertiary/aromatic N) is 6. The Hall–Kier alpha value is -10.2. The standard InChI is InChI=1S/C34H44N2O4.C31H34N2O4.C27H34N2O4/c1-22(2)33(39)40-21-20-35(24-10-7-6-8-11-24)29-19-18-28-30-26(29)12-9-13-27(30)31(37)36(32(28)38)25-16-14-23(15-17-25)34(3,4)5;1-4-5-6-10-18-33-29(34)25-15-11-14-24-27(17-16-26(28(24)25)30(33)35)32(19-20-37-31(36)22(2)3)21-23-12-8-7-9-13-23;1-6-7-8-9-15-29-25(30)21-12-10-11-20-23(14-13-22(24(20)21)26(29)31)28(19(4)5)16-17-33-27(32)18(2)3/h9,12-13,18-19,23-25H,1,6-8,10-11,14-17,20-21H2,2-5H3;7-9,11-17H,2,4-6,10,18-21H2,1,3H3;10-14,19H,2,6-9,15-17H2,1,3-5H3. The van der Waals surface area contributed by atoms with Gasteiger partial charge in [0, 0.05) is 137 Å². The zero-order chi connectivity index (χ0) is 79.1. The summed E-state index contributed by atoms with van der Waals surface area (Å²) in [6.07, 6.45) is 17.5. The Morgan fingerprint density at radius 1 is 0.455 bits per heavy atom. The van der Waals surface area contributed by atoms with Gasteiger partial charge in [0.05, 0.1) is 19.6 Å². The van der Waals surface area contributed by atoms with E-state index in [4.69, 9.17) is 14.2 Å². The molecule has 5 aliphatic rings. The fourth-order valence-corrected chi connectivity index (χ4v) is 16.2. The van der Waals surface area contributed by atoms with E-state index in [9.17, 15) is 43.2 Å². The molecule has 7 aromatic carbocycles.